The summed E-state index contributed by atoms with van der Waals surface area (Å²) in [6.45, 7) is 5.47. The molecule has 0 aliphatic carbocycles. The Hall–Kier alpha value is -3.12. The highest BCUT2D eigenvalue weighted by molar-refractivity contribution is 6.32. The smallest absolute Gasteiger partial charge is 0.336 e. The van der Waals surface area contributed by atoms with Crippen molar-refractivity contribution in [3.63, 3.8) is 0 Å². The quantitative estimate of drug-likeness (QED) is 0.401. The predicted molar refractivity (Wildman–Crippen MR) is 124 cm³/mol. The van der Waals surface area contributed by atoms with Gasteiger partial charge in [0.2, 0.25) is 5.91 Å². The zero-order chi connectivity index (χ0) is 23.3. The van der Waals surface area contributed by atoms with Crippen LogP contribution in [-0.2, 0) is 33.8 Å². The van der Waals surface area contributed by atoms with Gasteiger partial charge in [0.05, 0.1) is 6.42 Å². The van der Waals surface area contributed by atoms with Crippen molar-refractivity contribution in [3.05, 3.63) is 80.7 Å². The van der Waals surface area contributed by atoms with Crippen LogP contribution in [0.15, 0.2) is 57.7 Å². The van der Waals surface area contributed by atoms with Crippen molar-refractivity contribution in [2.24, 2.45) is 5.92 Å². The van der Waals surface area contributed by atoms with Gasteiger partial charge in [-0.3, -0.25) is 4.79 Å². The van der Waals surface area contributed by atoms with Crippen LogP contribution in [0, 0.1) is 5.92 Å². The zero-order valence-corrected chi connectivity index (χ0v) is 19.1. The van der Waals surface area contributed by atoms with Gasteiger partial charge in [0.25, 0.3) is 0 Å². The number of benzene rings is 2. The van der Waals surface area contributed by atoms with E-state index in [1.807, 2.05) is 51.1 Å². The molecule has 0 unspecified atom stereocenters. The summed E-state index contributed by atoms with van der Waals surface area (Å²) in [5, 5.41) is 3.91. The third-order valence-corrected chi connectivity index (χ3v) is 5.54. The maximum Gasteiger partial charge on any atom is 0.336 e. The van der Waals surface area contributed by atoms with Gasteiger partial charge < -0.3 is 14.5 Å². The summed E-state index contributed by atoms with van der Waals surface area (Å²) in [6, 6.07) is 13.2. The number of esters is 1. The van der Waals surface area contributed by atoms with Crippen molar-refractivity contribution in [1.82, 2.24) is 5.32 Å². The number of amides is 1. The number of carbonyl (C=O) groups is 2. The Morgan fingerprint density at radius 2 is 1.81 bits per heavy atom. The molecule has 0 radical (unpaired) electrons. The fourth-order valence-corrected chi connectivity index (χ4v) is 3.72. The third-order valence-electron chi connectivity index (χ3n) is 5.19. The number of nitrogens with one attached hydrogen (secondary N) is 1. The Kier molecular flexibility index (Phi) is 7.70. The molecule has 3 aromatic rings. The average Bonchev–Trinajstić information content (AvgIpc) is 2.76. The largest absolute Gasteiger partial charge is 0.459 e. The highest BCUT2D eigenvalue weighted by Crippen LogP contribution is 2.26. The topological polar surface area (TPSA) is 85.6 Å². The average molecular weight is 456 g/mol. The molecule has 0 bridgehead atoms. The van der Waals surface area contributed by atoms with E-state index < -0.39 is 17.6 Å². The molecule has 0 aliphatic rings. The number of fused-ring (bicyclic) bond motifs is 1. The minimum Gasteiger partial charge on any atom is -0.459 e. The van der Waals surface area contributed by atoms with E-state index in [4.69, 9.17) is 20.8 Å². The molecule has 0 aliphatic heterocycles. The lowest BCUT2D eigenvalue weighted by atomic mass is 10.0. The van der Waals surface area contributed by atoms with Crippen LogP contribution in [0.25, 0.3) is 11.0 Å². The lowest BCUT2D eigenvalue weighted by Crippen LogP contribution is -2.45. The number of ether oxygens (including phenoxy) is 1. The molecule has 0 fully saturated rings. The van der Waals surface area contributed by atoms with Gasteiger partial charge >= 0.3 is 11.6 Å². The number of rotatable bonds is 8. The summed E-state index contributed by atoms with van der Waals surface area (Å²) in [5.74, 6) is -1.02. The monoisotopic (exact) mass is 455 g/mol. The normalized spacial score (nSPS) is 12.0. The summed E-state index contributed by atoms with van der Waals surface area (Å²) in [5.41, 5.74) is 2.06. The summed E-state index contributed by atoms with van der Waals surface area (Å²) in [4.78, 5) is 37.2. The molecule has 7 heteroatoms. The zero-order valence-electron chi connectivity index (χ0n) is 18.3. The van der Waals surface area contributed by atoms with Crippen molar-refractivity contribution < 1.29 is 18.7 Å². The number of carbonyl (C=O) groups excluding carboxylic acids is 2. The van der Waals surface area contributed by atoms with Crippen molar-refractivity contribution in [3.8, 4) is 0 Å². The van der Waals surface area contributed by atoms with Crippen LogP contribution < -0.4 is 10.9 Å². The van der Waals surface area contributed by atoms with Gasteiger partial charge in [0.1, 0.15) is 18.2 Å². The summed E-state index contributed by atoms with van der Waals surface area (Å²) in [7, 11) is 0. The van der Waals surface area contributed by atoms with Gasteiger partial charge in [-0.15, -0.1) is 0 Å². The van der Waals surface area contributed by atoms with Gasteiger partial charge in [-0.1, -0.05) is 62.7 Å². The maximum atomic E-state index is 12.8. The second-order valence-electron chi connectivity index (χ2n) is 7.94. The van der Waals surface area contributed by atoms with Crippen LogP contribution in [-0.4, -0.2) is 17.9 Å². The Morgan fingerprint density at radius 3 is 2.47 bits per heavy atom. The Bertz CT molecular complexity index is 1170. The third kappa shape index (κ3) is 5.77. The van der Waals surface area contributed by atoms with Gasteiger partial charge in [-0.25, -0.2) is 9.59 Å². The fourth-order valence-electron chi connectivity index (χ4n) is 3.42. The van der Waals surface area contributed by atoms with Crippen LogP contribution >= 0.6 is 11.6 Å². The van der Waals surface area contributed by atoms with Crippen molar-refractivity contribution in [2.45, 2.75) is 46.3 Å². The van der Waals surface area contributed by atoms with E-state index in [1.165, 1.54) is 6.07 Å². The molecule has 3 rings (SSSR count). The van der Waals surface area contributed by atoms with E-state index in [9.17, 15) is 14.4 Å². The second-order valence-corrected chi connectivity index (χ2v) is 8.35. The first-order valence-electron chi connectivity index (χ1n) is 10.5. The van der Waals surface area contributed by atoms with Crippen LogP contribution in [0.5, 0.6) is 0 Å². The SMILES string of the molecule is CCc1cc2oc(=O)cc(COC(=O)[C@@H](NC(=O)Cc3ccccc3)C(C)C)c2cc1Cl. The molecule has 1 atom stereocenters. The number of aryl methyl sites for hydroxylation is 1. The molecule has 1 N–H and O–H groups in total. The standard InChI is InChI=1S/C25H26ClNO5/c1-4-17-11-21-19(13-20(17)26)18(12-23(29)32-21)14-31-25(30)24(15(2)3)27-22(28)10-16-8-6-5-7-9-16/h5-9,11-13,15,24H,4,10,14H2,1-3H3,(H,27,28)/t24-/m0/s1. The summed E-state index contributed by atoms with van der Waals surface area (Å²) >= 11 is 6.32. The Balaban J connectivity index is 1.74. The van der Waals surface area contributed by atoms with Crippen LogP contribution in [0.1, 0.15) is 37.5 Å². The fraction of sp³-hybridized carbons (Fsp3) is 0.320. The first-order chi connectivity index (χ1) is 15.3. The first-order valence-corrected chi connectivity index (χ1v) is 10.9. The van der Waals surface area contributed by atoms with E-state index in [0.717, 1.165) is 11.1 Å². The molecule has 6 nitrogen and oxygen atoms in total. The molecule has 2 aromatic carbocycles. The Morgan fingerprint density at radius 1 is 1.09 bits per heavy atom. The maximum absolute atomic E-state index is 12.8. The molecule has 0 saturated heterocycles. The highest BCUT2D eigenvalue weighted by atomic mass is 35.5. The number of hydrogen-bond acceptors (Lipinski definition) is 5. The van der Waals surface area contributed by atoms with Crippen molar-refractivity contribution in [2.75, 3.05) is 0 Å². The molecular formula is C25H26ClNO5. The van der Waals surface area contributed by atoms with Gasteiger partial charge in [-0.2, -0.15) is 0 Å². The predicted octanol–water partition coefficient (Wildman–Crippen LogP) is 4.44. The number of halogens is 1. The Labute approximate surface area is 191 Å². The lowest BCUT2D eigenvalue weighted by Gasteiger charge is -2.21. The number of hydrogen-bond donors (Lipinski definition) is 1. The van der Waals surface area contributed by atoms with E-state index in [-0.39, 0.29) is 24.9 Å². The van der Waals surface area contributed by atoms with Gasteiger partial charge in [0, 0.05) is 22.0 Å². The molecule has 168 valence electrons. The van der Waals surface area contributed by atoms with Crippen LogP contribution in [0.3, 0.4) is 0 Å². The van der Waals surface area contributed by atoms with Gasteiger partial charge in [0.15, 0.2) is 0 Å². The second kappa shape index (κ2) is 10.5. The van der Waals surface area contributed by atoms with E-state index in [2.05, 4.69) is 5.32 Å². The molecule has 1 amide bonds. The lowest BCUT2D eigenvalue weighted by molar-refractivity contribution is -0.150. The van der Waals surface area contributed by atoms with E-state index >= 15 is 0 Å². The minimum absolute atomic E-state index is 0.138. The van der Waals surface area contributed by atoms with E-state index in [0.29, 0.717) is 28.0 Å². The van der Waals surface area contributed by atoms with Crippen LogP contribution in [0.2, 0.25) is 5.02 Å². The van der Waals surface area contributed by atoms with Crippen molar-refractivity contribution in [1.29, 1.82) is 0 Å². The molecule has 0 saturated carbocycles. The van der Waals surface area contributed by atoms with Crippen LogP contribution in [0.4, 0.5) is 0 Å². The van der Waals surface area contributed by atoms with Crippen molar-refractivity contribution >= 4 is 34.4 Å². The molecule has 32 heavy (non-hydrogen) atoms. The molecule has 1 aromatic heterocycles. The van der Waals surface area contributed by atoms with Gasteiger partial charge in [-0.05, 0) is 35.6 Å². The highest BCUT2D eigenvalue weighted by Gasteiger charge is 2.26. The summed E-state index contributed by atoms with van der Waals surface area (Å²) in [6.07, 6.45) is 0.858. The molecular weight excluding hydrogens is 430 g/mol. The summed E-state index contributed by atoms with van der Waals surface area (Å²) < 4.78 is 10.8. The minimum atomic E-state index is -0.812. The molecule has 0 spiro atoms. The first kappa shape index (κ1) is 23.5. The molecule has 1 heterocycles. The van der Waals surface area contributed by atoms with E-state index in [1.54, 1.807) is 12.1 Å².